The zero-order chi connectivity index (χ0) is 12.4. The quantitative estimate of drug-likeness (QED) is 0.854. The Kier molecular flexibility index (Phi) is 4.09. The zero-order valence-electron chi connectivity index (χ0n) is 8.36. The summed E-state index contributed by atoms with van der Waals surface area (Å²) in [6.45, 7) is 0. The third kappa shape index (κ3) is 2.65. The first-order chi connectivity index (χ1) is 8.13. The molecule has 0 fully saturated rings. The van der Waals surface area contributed by atoms with Crippen LogP contribution in [0.3, 0.4) is 0 Å². The van der Waals surface area contributed by atoms with Crippen molar-refractivity contribution in [2.45, 2.75) is 5.75 Å². The summed E-state index contributed by atoms with van der Waals surface area (Å²) in [5.41, 5.74) is 1.01. The number of rotatable bonds is 2. The Balaban J connectivity index is 2.57. The van der Waals surface area contributed by atoms with E-state index in [1.807, 2.05) is 0 Å². The Hall–Kier alpha value is -0.550. The Morgan fingerprint density at radius 1 is 1.12 bits per heavy atom. The minimum atomic E-state index is 0.230. The van der Waals surface area contributed by atoms with Crippen molar-refractivity contribution in [2.24, 2.45) is 0 Å². The van der Waals surface area contributed by atoms with E-state index in [1.165, 1.54) is 0 Å². The second kappa shape index (κ2) is 5.40. The Labute approximate surface area is 119 Å². The molecule has 0 atom stereocenters. The average molecular weight is 307 g/mol. The molecule has 1 aromatic carbocycles. The molecular formula is C10H6Cl3N3S. The van der Waals surface area contributed by atoms with E-state index in [0.717, 1.165) is 0 Å². The first-order valence-corrected chi connectivity index (χ1v) is 6.34. The third-order valence-electron chi connectivity index (χ3n) is 2.04. The van der Waals surface area contributed by atoms with Crippen molar-refractivity contribution in [1.82, 2.24) is 15.2 Å². The molecule has 0 saturated carbocycles. The third-order valence-corrected chi connectivity index (χ3v) is 3.40. The van der Waals surface area contributed by atoms with E-state index in [0.29, 0.717) is 32.9 Å². The number of halogens is 3. The highest BCUT2D eigenvalue weighted by Gasteiger charge is 2.13. The van der Waals surface area contributed by atoms with Gasteiger partial charge in [-0.05, 0) is 6.07 Å². The molecule has 2 aromatic rings. The summed E-state index contributed by atoms with van der Waals surface area (Å²) in [7, 11) is 0. The SMILES string of the molecule is SCc1nnc(-c2cccc(Cl)c2Cl)c(Cl)n1. The minimum absolute atomic E-state index is 0.230. The molecule has 17 heavy (non-hydrogen) atoms. The maximum absolute atomic E-state index is 6.07. The van der Waals surface area contributed by atoms with E-state index in [-0.39, 0.29) is 5.15 Å². The molecule has 2 rings (SSSR count). The van der Waals surface area contributed by atoms with Gasteiger partial charge in [0.15, 0.2) is 11.0 Å². The molecule has 88 valence electrons. The number of thiol groups is 1. The van der Waals surface area contributed by atoms with Crippen LogP contribution in [0.1, 0.15) is 5.82 Å². The molecule has 0 radical (unpaired) electrons. The lowest BCUT2D eigenvalue weighted by Gasteiger charge is -2.06. The van der Waals surface area contributed by atoms with Crippen molar-refractivity contribution in [2.75, 3.05) is 0 Å². The van der Waals surface area contributed by atoms with Crippen LogP contribution in [0.4, 0.5) is 0 Å². The molecule has 0 spiro atoms. The summed E-state index contributed by atoms with van der Waals surface area (Å²) >= 11 is 22.1. The van der Waals surface area contributed by atoms with Gasteiger partial charge < -0.3 is 0 Å². The Bertz CT molecular complexity index is 562. The molecule has 7 heteroatoms. The molecule has 0 bridgehead atoms. The standard InChI is InChI=1S/C10H6Cl3N3S/c11-6-3-1-2-5(8(6)12)9-10(13)14-7(4-17)15-16-9/h1-3,17H,4H2. The van der Waals surface area contributed by atoms with E-state index >= 15 is 0 Å². The number of nitrogens with zero attached hydrogens (tertiary/aromatic N) is 3. The van der Waals surface area contributed by atoms with Crippen LogP contribution in [-0.2, 0) is 5.75 Å². The topological polar surface area (TPSA) is 38.7 Å². The van der Waals surface area contributed by atoms with Crippen molar-refractivity contribution in [3.63, 3.8) is 0 Å². The van der Waals surface area contributed by atoms with Gasteiger partial charge >= 0.3 is 0 Å². The van der Waals surface area contributed by atoms with Crippen molar-refractivity contribution in [1.29, 1.82) is 0 Å². The average Bonchev–Trinajstić information content (AvgIpc) is 2.33. The number of hydrogen-bond donors (Lipinski definition) is 1. The van der Waals surface area contributed by atoms with Gasteiger partial charge in [-0.3, -0.25) is 0 Å². The van der Waals surface area contributed by atoms with Crippen LogP contribution in [0.5, 0.6) is 0 Å². The molecule has 0 N–H and O–H groups in total. The monoisotopic (exact) mass is 305 g/mol. The van der Waals surface area contributed by atoms with Gasteiger partial charge in [0.05, 0.1) is 15.8 Å². The molecule has 3 nitrogen and oxygen atoms in total. The maximum Gasteiger partial charge on any atom is 0.162 e. The molecule has 0 unspecified atom stereocenters. The smallest absolute Gasteiger partial charge is 0.162 e. The molecule has 0 aliphatic heterocycles. The maximum atomic E-state index is 6.07. The lowest BCUT2D eigenvalue weighted by atomic mass is 10.2. The van der Waals surface area contributed by atoms with Gasteiger partial charge in [-0.1, -0.05) is 46.9 Å². The van der Waals surface area contributed by atoms with E-state index in [2.05, 4.69) is 27.8 Å². The number of hydrogen-bond acceptors (Lipinski definition) is 4. The molecule has 1 heterocycles. The van der Waals surface area contributed by atoms with Gasteiger partial charge in [0.2, 0.25) is 0 Å². The van der Waals surface area contributed by atoms with E-state index in [9.17, 15) is 0 Å². The summed E-state index contributed by atoms with van der Waals surface area (Å²) in [5, 5.41) is 8.91. The highest BCUT2D eigenvalue weighted by molar-refractivity contribution is 7.79. The van der Waals surface area contributed by atoms with E-state index in [1.54, 1.807) is 18.2 Å². The highest BCUT2D eigenvalue weighted by atomic mass is 35.5. The zero-order valence-corrected chi connectivity index (χ0v) is 11.5. The molecular weight excluding hydrogens is 301 g/mol. The Morgan fingerprint density at radius 2 is 1.88 bits per heavy atom. The van der Waals surface area contributed by atoms with Crippen LogP contribution < -0.4 is 0 Å². The van der Waals surface area contributed by atoms with Gasteiger partial charge in [-0.2, -0.15) is 12.6 Å². The molecule has 1 aromatic heterocycles. The molecule has 0 aliphatic carbocycles. The predicted molar refractivity (Wildman–Crippen MR) is 73.0 cm³/mol. The van der Waals surface area contributed by atoms with Gasteiger partial charge in [0.25, 0.3) is 0 Å². The van der Waals surface area contributed by atoms with Gasteiger partial charge in [-0.15, -0.1) is 10.2 Å². The van der Waals surface area contributed by atoms with Crippen LogP contribution in [0.15, 0.2) is 18.2 Å². The van der Waals surface area contributed by atoms with Crippen LogP contribution >= 0.6 is 47.4 Å². The molecule has 0 saturated heterocycles. The first kappa shape index (κ1) is 12.9. The van der Waals surface area contributed by atoms with Crippen LogP contribution in [0, 0.1) is 0 Å². The van der Waals surface area contributed by atoms with Gasteiger partial charge in [-0.25, -0.2) is 4.98 Å². The number of aromatic nitrogens is 3. The second-order valence-corrected chi connectivity index (χ2v) is 4.59. The van der Waals surface area contributed by atoms with Crippen molar-refractivity contribution >= 4 is 47.4 Å². The van der Waals surface area contributed by atoms with Crippen LogP contribution in [0.2, 0.25) is 15.2 Å². The normalized spacial score (nSPS) is 10.6. The van der Waals surface area contributed by atoms with Gasteiger partial charge in [0, 0.05) is 5.56 Å². The van der Waals surface area contributed by atoms with E-state index < -0.39 is 0 Å². The highest BCUT2D eigenvalue weighted by Crippen LogP contribution is 2.34. The van der Waals surface area contributed by atoms with Crippen molar-refractivity contribution in [3.8, 4) is 11.3 Å². The first-order valence-electron chi connectivity index (χ1n) is 4.58. The lowest BCUT2D eigenvalue weighted by molar-refractivity contribution is 0.905. The summed E-state index contributed by atoms with van der Waals surface area (Å²) in [4.78, 5) is 4.05. The molecule has 0 aliphatic rings. The van der Waals surface area contributed by atoms with Crippen LogP contribution in [0.25, 0.3) is 11.3 Å². The van der Waals surface area contributed by atoms with Crippen LogP contribution in [-0.4, -0.2) is 15.2 Å². The Morgan fingerprint density at radius 3 is 2.53 bits per heavy atom. The summed E-state index contributed by atoms with van der Waals surface area (Å²) in [6, 6.07) is 5.20. The fourth-order valence-electron chi connectivity index (χ4n) is 1.26. The predicted octanol–water partition coefficient (Wildman–Crippen LogP) is 3.93. The minimum Gasteiger partial charge on any atom is -0.216 e. The number of benzene rings is 1. The summed E-state index contributed by atoms with van der Waals surface area (Å²) in [6.07, 6.45) is 0. The second-order valence-electron chi connectivity index (χ2n) is 3.13. The fraction of sp³-hybridized carbons (Fsp3) is 0.100. The van der Waals surface area contributed by atoms with Crippen molar-refractivity contribution < 1.29 is 0 Å². The van der Waals surface area contributed by atoms with E-state index in [4.69, 9.17) is 34.8 Å². The largest absolute Gasteiger partial charge is 0.216 e. The summed E-state index contributed by atoms with van der Waals surface area (Å²) in [5.74, 6) is 0.830. The fourth-order valence-corrected chi connectivity index (χ4v) is 2.02. The lowest BCUT2D eigenvalue weighted by Crippen LogP contribution is -1.98. The summed E-state index contributed by atoms with van der Waals surface area (Å²) < 4.78 is 0. The molecule has 0 amide bonds. The van der Waals surface area contributed by atoms with Crippen molar-refractivity contribution in [3.05, 3.63) is 39.2 Å². The van der Waals surface area contributed by atoms with Gasteiger partial charge in [0.1, 0.15) is 5.69 Å².